The maximum absolute atomic E-state index is 2.72. The lowest BCUT2D eigenvalue weighted by atomic mass is 10.3. The van der Waals surface area contributed by atoms with Crippen molar-refractivity contribution in [2.75, 3.05) is 0 Å². The van der Waals surface area contributed by atoms with Gasteiger partial charge in [0.2, 0.25) is 0 Å². The van der Waals surface area contributed by atoms with Crippen LogP contribution in [0.25, 0.3) is 0 Å². The van der Waals surface area contributed by atoms with Crippen molar-refractivity contribution in [2.24, 2.45) is 0 Å². The number of halogens is 1. The van der Waals surface area contributed by atoms with Gasteiger partial charge >= 0.3 is 0 Å². The van der Waals surface area contributed by atoms with E-state index in [1.54, 1.807) is 0 Å². The molecule has 0 aromatic carbocycles. The van der Waals surface area contributed by atoms with Crippen LogP contribution in [0.3, 0.4) is 0 Å². The summed E-state index contributed by atoms with van der Waals surface area (Å²) in [5.41, 5.74) is 0. The zero-order valence-electron chi connectivity index (χ0n) is 4.49. The van der Waals surface area contributed by atoms with Crippen molar-refractivity contribution in [3.05, 3.63) is 0 Å². The molecule has 0 heterocycles. The van der Waals surface area contributed by atoms with Crippen LogP contribution in [0, 0.1) is 0 Å². The van der Waals surface area contributed by atoms with Gasteiger partial charge in [-0.3, -0.25) is 4.70 Å². The number of hydrogen-bond donors (Lipinski definition) is 0. The summed E-state index contributed by atoms with van der Waals surface area (Å²) in [6, 6.07) is 0. The quantitative estimate of drug-likeness (QED) is 0.417. The molecule has 0 fully saturated rings. The fraction of sp³-hybridized carbons (Fsp3) is 1.00. The van der Waals surface area contributed by atoms with E-state index in [4.69, 9.17) is 0 Å². The Bertz CT molecular complexity index is 23.0. The molecular weight excluding hydrogens is 98.0 g/mol. The van der Waals surface area contributed by atoms with Gasteiger partial charge in [0.25, 0.3) is 0 Å². The Labute approximate surface area is 40.9 Å². The van der Waals surface area contributed by atoms with Crippen molar-refractivity contribution < 1.29 is 4.70 Å². The molecule has 0 aliphatic rings. The first kappa shape index (κ1) is 9.61. The van der Waals surface area contributed by atoms with Crippen LogP contribution < -0.4 is 0 Å². The van der Waals surface area contributed by atoms with Gasteiger partial charge in [-0.2, -0.15) is 0 Å². The van der Waals surface area contributed by atoms with E-state index in [0.29, 0.717) is 5.16 Å². The summed E-state index contributed by atoms with van der Waals surface area (Å²) in [7, 11) is 2.72. The van der Waals surface area contributed by atoms with Gasteiger partial charge in [0.15, 0.2) is 0 Å². The van der Waals surface area contributed by atoms with Crippen LogP contribution in [0.2, 0.25) is 0 Å². The van der Waals surface area contributed by atoms with Crippen LogP contribution in [0.5, 0.6) is 0 Å². The fourth-order valence-electron chi connectivity index (χ4n) is 0. The smallest absolute Gasteiger partial charge is 0.0235 e. The molecule has 0 radical (unpaired) electrons. The summed E-state index contributed by atoms with van der Waals surface area (Å²) in [5.74, 6) is 0. The highest BCUT2D eigenvalue weighted by Gasteiger charge is 1.95. The Morgan fingerprint density at radius 1 is 1.17 bits per heavy atom. The van der Waals surface area contributed by atoms with Crippen LogP contribution in [-0.2, 0) is 0 Å². The standard InChI is InChI=1S/C4H11P.FH/c1-4(2,3)5;/h5H2,1-3H3;1H. The van der Waals surface area contributed by atoms with Crippen LogP contribution in [0.1, 0.15) is 20.8 Å². The van der Waals surface area contributed by atoms with Gasteiger partial charge in [0.1, 0.15) is 0 Å². The summed E-state index contributed by atoms with van der Waals surface area (Å²) in [4.78, 5) is 0. The lowest BCUT2D eigenvalue weighted by Crippen LogP contribution is -1.97. The van der Waals surface area contributed by atoms with Gasteiger partial charge < -0.3 is 0 Å². The first-order valence-electron chi connectivity index (χ1n) is 1.79. The largest absolute Gasteiger partial charge is 0.269 e. The van der Waals surface area contributed by atoms with Crippen molar-refractivity contribution in [3.63, 3.8) is 0 Å². The van der Waals surface area contributed by atoms with E-state index in [1.165, 1.54) is 0 Å². The number of hydrogen-bond acceptors (Lipinski definition) is 0. The molecule has 0 spiro atoms. The van der Waals surface area contributed by atoms with Crippen molar-refractivity contribution in [2.45, 2.75) is 25.9 Å². The van der Waals surface area contributed by atoms with E-state index in [9.17, 15) is 0 Å². The first-order valence-corrected chi connectivity index (χ1v) is 2.37. The third kappa shape index (κ3) is 380. The molecule has 0 saturated carbocycles. The van der Waals surface area contributed by atoms with Gasteiger partial charge in [0.05, 0.1) is 0 Å². The van der Waals surface area contributed by atoms with Crippen LogP contribution in [-0.4, -0.2) is 5.16 Å². The van der Waals surface area contributed by atoms with Crippen molar-refractivity contribution in [1.29, 1.82) is 0 Å². The highest BCUT2D eigenvalue weighted by atomic mass is 31.0. The van der Waals surface area contributed by atoms with E-state index >= 15 is 0 Å². The van der Waals surface area contributed by atoms with E-state index in [-0.39, 0.29) is 4.70 Å². The summed E-state index contributed by atoms with van der Waals surface area (Å²) < 4.78 is 0. The van der Waals surface area contributed by atoms with Crippen molar-refractivity contribution >= 4 is 9.24 Å². The monoisotopic (exact) mass is 110 g/mol. The van der Waals surface area contributed by atoms with E-state index in [0.717, 1.165) is 0 Å². The molecule has 0 saturated heterocycles. The number of rotatable bonds is 0. The molecule has 1 unspecified atom stereocenters. The Morgan fingerprint density at radius 3 is 1.17 bits per heavy atom. The zero-order chi connectivity index (χ0) is 4.50. The zero-order valence-corrected chi connectivity index (χ0v) is 5.64. The molecule has 0 aromatic rings. The van der Waals surface area contributed by atoms with Crippen molar-refractivity contribution in [3.8, 4) is 0 Å². The third-order valence-corrected chi connectivity index (χ3v) is 0. The Hall–Kier alpha value is 0.360. The lowest BCUT2D eigenvalue weighted by molar-refractivity contribution is 0.804. The van der Waals surface area contributed by atoms with Gasteiger partial charge in [-0.25, -0.2) is 0 Å². The van der Waals surface area contributed by atoms with Gasteiger partial charge in [-0.05, 0) is 5.16 Å². The molecule has 0 aromatic heterocycles. The van der Waals surface area contributed by atoms with E-state index in [1.807, 2.05) is 0 Å². The Balaban J connectivity index is 0. The minimum atomic E-state index is 0. The predicted octanol–water partition coefficient (Wildman–Crippen LogP) is 1.81. The van der Waals surface area contributed by atoms with Crippen molar-refractivity contribution in [1.82, 2.24) is 0 Å². The predicted molar refractivity (Wildman–Crippen MR) is 32.0 cm³/mol. The molecule has 0 nitrogen and oxygen atoms in total. The molecule has 0 N–H and O–H groups in total. The highest BCUT2D eigenvalue weighted by Crippen LogP contribution is 2.12. The topological polar surface area (TPSA) is 0 Å². The van der Waals surface area contributed by atoms with E-state index in [2.05, 4.69) is 30.0 Å². The molecule has 6 heavy (non-hydrogen) atoms. The molecule has 2 heteroatoms. The molecule has 0 amide bonds. The molecule has 0 aliphatic heterocycles. The molecule has 0 aliphatic carbocycles. The Kier molecular flexibility index (Phi) is 4.04. The van der Waals surface area contributed by atoms with E-state index < -0.39 is 0 Å². The van der Waals surface area contributed by atoms with Crippen LogP contribution in [0.4, 0.5) is 4.70 Å². The SMILES string of the molecule is CC(C)(C)P.F. The average Bonchev–Trinajstić information content (AvgIpc) is 0.722. The second-order valence-electron chi connectivity index (χ2n) is 2.37. The van der Waals surface area contributed by atoms with Crippen LogP contribution >= 0.6 is 9.24 Å². The third-order valence-electron chi connectivity index (χ3n) is 0. The maximum atomic E-state index is 2.72. The average molecular weight is 110 g/mol. The van der Waals surface area contributed by atoms with Gasteiger partial charge in [-0.1, -0.05) is 20.8 Å². The second-order valence-corrected chi connectivity index (χ2v) is 4.10. The van der Waals surface area contributed by atoms with Gasteiger partial charge in [0, 0.05) is 0 Å². The second kappa shape index (κ2) is 2.52. The fourth-order valence-corrected chi connectivity index (χ4v) is 0. The summed E-state index contributed by atoms with van der Waals surface area (Å²) in [6.45, 7) is 6.45. The Morgan fingerprint density at radius 2 is 1.17 bits per heavy atom. The summed E-state index contributed by atoms with van der Waals surface area (Å²) in [5, 5.41) is 0.417. The normalized spacial score (nSPS) is 10.0. The van der Waals surface area contributed by atoms with Crippen LogP contribution in [0.15, 0.2) is 0 Å². The maximum Gasteiger partial charge on any atom is -0.0235 e. The minimum absolute atomic E-state index is 0. The summed E-state index contributed by atoms with van der Waals surface area (Å²) in [6.07, 6.45) is 0. The molecular formula is C4H12FP. The molecule has 0 rings (SSSR count). The first-order chi connectivity index (χ1) is 2.00. The highest BCUT2D eigenvalue weighted by molar-refractivity contribution is 7.18. The molecule has 1 atom stereocenters. The summed E-state index contributed by atoms with van der Waals surface area (Å²) >= 11 is 0. The molecule has 40 valence electrons. The minimum Gasteiger partial charge on any atom is -0.269 e. The molecule has 0 bridgehead atoms. The van der Waals surface area contributed by atoms with Gasteiger partial charge in [-0.15, -0.1) is 9.24 Å². The lowest BCUT2D eigenvalue weighted by Gasteiger charge is -2.05.